The molecule has 1 aliphatic rings. The highest BCUT2D eigenvalue weighted by atomic mass is 16.5. The Labute approximate surface area is 67.2 Å². The maximum absolute atomic E-state index is 7.47. The van der Waals surface area contributed by atoms with E-state index in [2.05, 4.69) is 9.97 Å². The van der Waals surface area contributed by atoms with Gasteiger partial charge in [0.2, 0.25) is 0 Å². The fourth-order valence-electron chi connectivity index (χ4n) is 0.898. The summed E-state index contributed by atoms with van der Waals surface area (Å²) in [5.74, 6) is 0.209. The van der Waals surface area contributed by atoms with Crippen molar-refractivity contribution in [3.05, 3.63) is 18.0 Å². The number of anilines is 1. The van der Waals surface area contributed by atoms with Crippen LogP contribution in [0.3, 0.4) is 0 Å². The summed E-state index contributed by atoms with van der Waals surface area (Å²) in [6.07, 6.45) is -0.0958. The normalized spacial score (nSPS) is 20.4. The molecule has 4 nitrogen and oxygen atoms in total. The molecule has 1 aliphatic heterocycles. The maximum Gasteiger partial charge on any atom is 0.142 e. The maximum atomic E-state index is 7.47. The molecule has 0 amide bonds. The van der Waals surface area contributed by atoms with Gasteiger partial charge in [-0.25, -0.2) is 4.98 Å². The van der Waals surface area contributed by atoms with E-state index in [0.717, 1.165) is 0 Å². The van der Waals surface area contributed by atoms with Crippen LogP contribution < -0.4 is 5.73 Å². The number of nitrogen functional groups attached to an aromatic ring is 1. The molecule has 58 valence electrons. The minimum absolute atomic E-state index is 0.0347. The molecule has 4 heteroatoms. The summed E-state index contributed by atoms with van der Waals surface area (Å²) in [5.41, 5.74) is 5.96. The molecule has 0 aromatic carbocycles. The molecule has 0 radical (unpaired) electrons. The molecule has 0 atom stereocenters. The molecular formula is C7H9N3O. The number of hydrogen-bond acceptors (Lipinski definition) is 4. The Hall–Kier alpha value is -1.16. The van der Waals surface area contributed by atoms with Gasteiger partial charge in [-0.2, -0.15) is 0 Å². The van der Waals surface area contributed by atoms with Crippen LogP contribution in [0.5, 0.6) is 0 Å². The third-order valence-corrected chi connectivity index (χ3v) is 1.61. The molecule has 0 unspecified atom stereocenters. The second-order valence-electron chi connectivity index (χ2n) is 2.45. The van der Waals surface area contributed by atoms with Crippen LogP contribution in [0.25, 0.3) is 0 Å². The summed E-state index contributed by atoms with van der Waals surface area (Å²) in [7, 11) is 0. The van der Waals surface area contributed by atoms with Crippen molar-refractivity contribution in [2.75, 3.05) is 18.9 Å². The molecule has 0 saturated carbocycles. The zero-order valence-corrected chi connectivity index (χ0v) is 5.87. The third-order valence-electron chi connectivity index (χ3n) is 1.61. The number of rotatable bonds is 1. The lowest BCUT2D eigenvalue weighted by molar-refractivity contribution is 0.00662. The first-order chi connectivity index (χ1) is 6.18. The molecule has 1 saturated heterocycles. The van der Waals surface area contributed by atoms with Gasteiger partial charge in [0.15, 0.2) is 0 Å². The van der Waals surface area contributed by atoms with Crippen LogP contribution in [-0.4, -0.2) is 23.2 Å². The van der Waals surface area contributed by atoms with Gasteiger partial charge in [0, 0.05) is 12.1 Å². The molecule has 1 fully saturated rings. The van der Waals surface area contributed by atoms with E-state index >= 15 is 0 Å². The fourth-order valence-corrected chi connectivity index (χ4v) is 0.898. The molecule has 2 heterocycles. The quantitative estimate of drug-likeness (QED) is 0.624. The lowest BCUT2D eigenvalue weighted by Gasteiger charge is -2.24. The number of nitrogens with two attached hydrogens (primary N) is 1. The Morgan fingerprint density at radius 2 is 2.45 bits per heavy atom. The van der Waals surface area contributed by atoms with Gasteiger partial charge in [-0.3, -0.25) is 4.98 Å². The van der Waals surface area contributed by atoms with Crippen LogP contribution in [-0.2, 0) is 4.74 Å². The lowest BCUT2D eigenvalue weighted by Crippen LogP contribution is -2.26. The van der Waals surface area contributed by atoms with Gasteiger partial charge in [-0.05, 0) is 0 Å². The van der Waals surface area contributed by atoms with Crippen molar-refractivity contribution in [2.45, 2.75) is 5.92 Å². The van der Waals surface area contributed by atoms with Gasteiger partial charge in [0.1, 0.15) is 5.82 Å². The SMILES string of the molecule is [2H]c1nc([2H])c(C2COC2)nc1N. The van der Waals surface area contributed by atoms with Crippen LogP contribution in [0.4, 0.5) is 5.82 Å². The van der Waals surface area contributed by atoms with Crippen LogP contribution in [0.15, 0.2) is 12.3 Å². The minimum Gasteiger partial charge on any atom is -0.382 e. The molecule has 2 N–H and O–H groups in total. The average molecular weight is 153 g/mol. The zero-order valence-electron chi connectivity index (χ0n) is 7.87. The largest absolute Gasteiger partial charge is 0.382 e. The summed E-state index contributed by atoms with van der Waals surface area (Å²) < 4.78 is 19.7. The highest BCUT2D eigenvalue weighted by Crippen LogP contribution is 2.21. The topological polar surface area (TPSA) is 61.0 Å². The van der Waals surface area contributed by atoms with E-state index in [1.165, 1.54) is 0 Å². The minimum atomic E-state index is -0.131. The Kier molecular flexibility index (Phi) is 1.05. The fraction of sp³-hybridized carbons (Fsp3) is 0.429. The number of hydrogen-bond donors (Lipinski definition) is 1. The van der Waals surface area contributed by atoms with Crippen molar-refractivity contribution < 1.29 is 7.48 Å². The van der Waals surface area contributed by atoms with Gasteiger partial charge < -0.3 is 10.5 Å². The van der Waals surface area contributed by atoms with E-state index < -0.39 is 0 Å². The van der Waals surface area contributed by atoms with E-state index in [-0.39, 0.29) is 24.1 Å². The van der Waals surface area contributed by atoms with Gasteiger partial charge in [-0.1, -0.05) is 0 Å². The van der Waals surface area contributed by atoms with Crippen molar-refractivity contribution in [2.24, 2.45) is 0 Å². The Morgan fingerprint density at radius 3 is 3.09 bits per heavy atom. The first-order valence-electron chi connectivity index (χ1n) is 4.37. The summed E-state index contributed by atoms with van der Waals surface area (Å²) in [4.78, 5) is 7.62. The van der Waals surface area contributed by atoms with Crippen molar-refractivity contribution in [3.63, 3.8) is 0 Å². The lowest BCUT2D eigenvalue weighted by atomic mass is 10.1. The van der Waals surface area contributed by atoms with Gasteiger partial charge in [0.25, 0.3) is 0 Å². The number of nitrogens with zero attached hydrogens (tertiary/aromatic N) is 2. The van der Waals surface area contributed by atoms with E-state index in [1.54, 1.807) is 0 Å². The van der Waals surface area contributed by atoms with E-state index in [0.29, 0.717) is 18.9 Å². The summed E-state index contributed by atoms with van der Waals surface area (Å²) in [6, 6.07) is 0. The van der Waals surface area contributed by atoms with Crippen LogP contribution in [0, 0.1) is 0 Å². The molecule has 2 rings (SSSR count). The summed E-state index contributed by atoms with van der Waals surface area (Å²) >= 11 is 0. The molecule has 1 aromatic heterocycles. The zero-order chi connectivity index (χ0) is 9.42. The third kappa shape index (κ3) is 1.17. The molecule has 0 spiro atoms. The summed E-state index contributed by atoms with van der Waals surface area (Å²) in [5, 5.41) is 0. The molecular weight excluding hydrogens is 142 g/mol. The Bertz CT molecular complexity index is 341. The van der Waals surface area contributed by atoms with E-state index in [1.807, 2.05) is 0 Å². The average Bonchev–Trinajstić information content (AvgIpc) is 1.96. The first kappa shape index (κ1) is 4.66. The highest BCUT2D eigenvalue weighted by Gasteiger charge is 2.21. The van der Waals surface area contributed by atoms with Gasteiger partial charge in [0.05, 0.1) is 27.8 Å². The Morgan fingerprint density at radius 1 is 1.64 bits per heavy atom. The first-order valence-corrected chi connectivity index (χ1v) is 3.37. The monoisotopic (exact) mass is 153 g/mol. The van der Waals surface area contributed by atoms with E-state index in [9.17, 15) is 0 Å². The van der Waals surface area contributed by atoms with Gasteiger partial charge >= 0.3 is 0 Å². The molecule has 0 aliphatic carbocycles. The van der Waals surface area contributed by atoms with Crippen LogP contribution in [0.1, 0.15) is 14.4 Å². The highest BCUT2D eigenvalue weighted by molar-refractivity contribution is 5.25. The van der Waals surface area contributed by atoms with Crippen molar-refractivity contribution >= 4 is 5.82 Å². The second kappa shape index (κ2) is 2.47. The van der Waals surface area contributed by atoms with Crippen LogP contribution in [0.2, 0.25) is 0 Å². The van der Waals surface area contributed by atoms with Crippen molar-refractivity contribution in [1.82, 2.24) is 9.97 Å². The smallest absolute Gasteiger partial charge is 0.142 e. The number of aromatic nitrogens is 2. The molecule has 11 heavy (non-hydrogen) atoms. The van der Waals surface area contributed by atoms with E-state index in [4.69, 9.17) is 13.2 Å². The standard InChI is InChI=1S/C7H9N3O/c8-7-2-9-1-6(10-7)5-3-11-4-5/h1-2,5H,3-4H2,(H2,8,10)/i1D,2D. The van der Waals surface area contributed by atoms with Crippen molar-refractivity contribution in [3.8, 4) is 0 Å². The number of ether oxygens (including phenoxy) is 1. The molecule has 0 bridgehead atoms. The summed E-state index contributed by atoms with van der Waals surface area (Å²) in [6.45, 7) is 1.13. The predicted molar refractivity (Wildman–Crippen MR) is 40.0 cm³/mol. The van der Waals surface area contributed by atoms with Gasteiger partial charge in [-0.15, -0.1) is 0 Å². The van der Waals surface area contributed by atoms with Crippen molar-refractivity contribution in [1.29, 1.82) is 0 Å². The van der Waals surface area contributed by atoms with Crippen LogP contribution >= 0.6 is 0 Å². The molecule has 1 aromatic rings. The Balaban J connectivity index is 2.39. The second-order valence-corrected chi connectivity index (χ2v) is 2.45. The predicted octanol–water partition coefficient (Wildman–Crippen LogP) is 0.173.